The first-order valence-corrected chi connectivity index (χ1v) is 12.0. The summed E-state index contributed by atoms with van der Waals surface area (Å²) >= 11 is 0. The maximum Gasteiger partial charge on any atom is 0.248 e. The van der Waals surface area contributed by atoms with Gasteiger partial charge in [-0.25, -0.2) is 0 Å². The lowest BCUT2D eigenvalue weighted by molar-refractivity contribution is -0.111. The van der Waals surface area contributed by atoms with Gasteiger partial charge in [0.05, 0.1) is 18.9 Å². The fourth-order valence-electron chi connectivity index (χ4n) is 4.72. The highest BCUT2D eigenvalue weighted by molar-refractivity contribution is 6.06. The van der Waals surface area contributed by atoms with E-state index >= 15 is 0 Å². The molecule has 0 radical (unpaired) electrons. The van der Waals surface area contributed by atoms with E-state index in [9.17, 15) is 4.79 Å². The second-order valence-corrected chi connectivity index (χ2v) is 8.99. The molecule has 1 amide bonds. The van der Waals surface area contributed by atoms with Crippen LogP contribution >= 0.6 is 0 Å². The van der Waals surface area contributed by atoms with Gasteiger partial charge in [0.2, 0.25) is 5.91 Å². The van der Waals surface area contributed by atoms with Crippen molar-refractivity contribution in [1.82, 2.24) is 4.98 Å². The van der Waals surface area contributed by atoms with Crippen LogP contribution in [0.15, 0.2) is 108 Å². The zero-order chi connectivity index (χ0) is 25.4. The quantitative estimate of drug-likeness (QED) is 0.253. The SMILES string of the molecule is COc1cc2occ(-c3ccc4ccccc4c3)c2cc1/C(C)=C/C(=O)Nc1ccc2ncccc2c1. The summed E-state index contributed by atoms with van der Waals surface area (Å²) in [5.41, 5.74) is 6.00. The highest BCUT2D eigenvalue weighted by Crippen LogP contribution is 2.38. The number of hydrogen-bond donors (Lipinski definition) is 1. The average molecular weight is 485 g/mol. The third-order valence-electron chi connectivity index (χ3n) is 6.60. The van der Waals surface area contributed by atoms with Crippen LogP contribution in [0.5, 0.6) is 5.75 Å². The molecule has 6 rings (SSSR count). The summed E-state index contributed by atoms with van der Waals surface area (Å²) in [5.74, 6) is 0.426. The van der Waals surface area contributed by atoms with Gasteiger partial charge in [0.15, 0.2) is 0 Å². The van der Waals surface area contributed by atoms with Gasteiger partial charge in [-0.05, 0) is 65.2 Å². The molecule has 0 saturated heterocycles. The molecule has 5 heteroatoms. The first-order chi connectivity index (χ1) is 18.1. The molecule has 6 aromatic rings. The molecule has 37 heavy (non-hydrogen) atoms. The largest absolute Gasteiger partial charge is 0.496 e. The second kappa shape index (κ2) is 9.28. The molecule has 0 spiro atoms. The zero-order valence-electron chi connectivity index (χ0n) is 20.5. The smallest absolute Gasteiger partial charge is 0.248 e. The number of amides is 1. The average Bonchev–Trinajstić information content (AvgIpc) is 3.34. The number of fused-ring (bicyclic) bond motifs is 3. The number of ether oxygens (including phenoxy) is 1. The van der Waals surface area contributed by atoms with E-state index in [1.807, 2.05) is 61.5 Å². The monoisotopic (exact) mass is 484 g/mol. The Bertz CT molecular complexity index is 1830. The summed E-state index contributed by atoms with van der Waals surface area (Å²) in [5, 5.41) is 7.24. The topological polar surface area (TPSA) is 64.4 Å². The third kappa shape index (κ3) is 4.32. The van der Waals surface area contributed by atoms with E-state index in [1.165, 1.54) is 10.8 Å². The van der Waals surface area contributed by atoms with Crippen LogP contribution in [-0.2, 0) is 4.79 Å². The minimum atomic E-state index is -0.218. The van der Waals surface area contributed by atoms with E-state index in [4.69, 9.17) is 9.15 Å². The van der Waals surface area contributed by atoms with Crippen LogP contribution in [0.2, 0.25) is 0 Å². The number of methoxy groups -OCH3 is 1. The van der Waals surface area contributed by atoms with E-state index in [1.54, 1.807) is 25.6 Å². The van der Waals surface area contributed by atoms with Crippen molar-refractivity contribution >= 4 is 49.8 Å². The molecule has 180 valence electrons. The van der Waals surface area contributed by atoms with Gasteiger partial charge in [-0.2, -0.15) is 0 Å². The number of nitrogens with one attached hydrogen (secondary N) is 1. The molecule has 4 aromatic carbocycles. The van der Waals surface area contributed by atoms with Crippen molar-refractivity contribution in [2.24, 2.45) is 0 Å². The van der Waals surface area contributed by atoms with Crippen LogP contribution in [0.3, 0.4) is 0 Å². The third-order valence-corrected chi connectivity index (χ3v) is 6.60. The van der Waals surface area contributed by atoms with Crippen molar-refractivity contribution in [2.75, 3.05) is 12.4 Å². The van der Waals surface area contributed by atoms with Gasteiger partial charge in [-0.1, -0.05) is 42.5 Å². The molecule has 1 N–H and O–H groups in total. The Morgan fingerprint density at radius 1 is 0.919 bits per heavy atom. The van der Waals surface area contributed by atoms with Gasteiger partial charge < -0.3 is 14.5 Å². The number of rotatable bonds is 5. The van der Waals surface area contributed by atoms with E-state index in [2.05, 4.69) is 40.6 Å². The van der Waals surface area contributed by atoms with Crippen LogP contribution in [0.1, 0.15) is 12.5 Å². The van der Waals surface area contributed by atoms with Gasteiger partial charge in [0.25, 0.3) is 0 Å². The normalized spacial score (nSPS) is 11.8. The highest BCUT2D eigenvalue weighted by atomic mass is 16.5. The van der Waals surface area contributed by atoms with Crippen LogP contribution in [0.4, 0.5) is 5.69 Å². The van der Waals surface area contributed by atoms with E-state index in [0.717, 1.165) is 44.1 Å². The maximum atomic E-state index is 12.9. The lowest BCUT2D eigenvalue weighted by Gasteiger charge is -2.11. The summed E-state index contributed by atoms with van der Waals surface area (Å²) in [7, 11) is 1.62. The number of nitrogens with zero attached hydrogens (tertiary/aromatic N) is 1. The Hall–Kier alpha value is -4.90. The van der Waals surface area contributed by atoms with Crippen LogP contribution < -0.4 is 10.1 Å². The summed E-state index contributed by atoms with van der Waals surface area (Å²) in [6.45, 7) is 1.91. The van der Waals surface area contributed by atoms with Gasteiger partial charge in [-0.15, -0.1) is 0 Å². The molecule has 2 aromatic heterocycles. The molecule has 0 saturated carbocycles. The second-order valence-electron chi connectivity index (χ2n) is 8.99. The Kier molecular flexibility index (Phi) is 5.66. The molecule has 0 aliphatic heterocycles. The van der Waals surface area contributed by atoms with Crippen LogP contribution in [-0.4, -0.2) is 18.0 Å². The Balaban J connectivity index is 1.35. The van der Waals surface area contributed by atoms with Crippen LogP contribution in [0.25, 0.3) is 49.3 Å². The lowest BCUT2D eigenvalue weighted by Crippen LogP contribution is -2.08. The number of carbonyl (C=O) groups excluding carboxylic acids is 1. The lowest BCUT2D eigenvalue weighted by atomic mass is 9.97. The predicted molar refractivity (Wildman–Crippen MR) is 150 cm³/mol. The number of aromatic nitrogens is 1. The first kappa shape index (κ1) is 22.6. The molecule has 0 bridgehead atoms. The van der Waals surface area contributed by atoms with Crippen molar-refractivity contribution in [1.29, 1.82) is 0 Å². The Morgan fingerprint density at radius 3 is 2.62 bits per heavy atom. The predicted octanol–water partition coefficient (Wildman–Crippen LogP) is 7.85. The van der Waals surface area contributed by atoms with Gasteiger partial charge in [-0.3, -0.25) is 9.78 Å². The number of furan rings is 1. The number of allylic oxidation sites excluding steroid dienone is 1. The van der Waals surface area contributed by atoms with E-state index < -0.39 is 0 Å². The van der Waals surface area contributed by atoms with Crippen molar-refractivity contribution in [3.63, 3.8) is 0 Å². The van der Waals surface area contributed by atoms with E-state index in [0.29, 0.717) is 11.4 Å². The number of pyridine rings is 1. The van der Waals surface area contributed by atoms with Gasteiger partial charge in [0.1, 0.15) is 11.3 Å². The maximum absolute atomic E-state index is 12.9. The molecule has 0 aliphatic carbocycles. The summed E-state index contributed by atoms with van der Waals surface area (Å²) in [6, 6.07) is 28.1. The molecule has 0 unspecified atom stereocenters. The van der Waals surface area contributed by atoms with Crippen molar-refractivity contribution in [3.8, 4) is 16.9 Å². The van der Waals surface area contributed by atoms with Crippen molar-refractivity contribution in [2.45, 2.75) is 6.92 Å². The fourth-order valence-corrected chi connectivity index (χ4v) is 4.72. The molecular weight excluding hydrogens is 460 g/mol. The van der Waals surface area contributed by atoms with Crippen molar-refractivity contribution in [3.05, 3.63) is 109 Å². The number of benzene rings is 4. The number of anilines is 1. The van der Waals surface area contributed by atoms with Crippen LogP contribution in [0, 0.1) is 0 Å². The molecule has 0 aliphatic rings. The molecule has 0 atom stereocenters. The Labute approximate surface area is 214 Å². The minimum absolute atomic E-state index is 0.218. The fraction of sp³-hybridized carbons (Fsp3) is 0.0625. The van der Waals surface area contributed by atoms with Gasteiger partial charge >= 0.3 is 0 Å². The molecule has 0 fully saturated rings. The minimum Gasteiger partial charge on any atom is -0.496 e. The molecular formula is C32H24N2O3. The zero-order valence-corrected chi connectivity index (χ0v) is 20.5. The van der Waals surface area contributed by atoms with E-state index in [-0.39, 0.29) is 5.91 Å². The molecule has 2 heterocycles. The highest BCUT2D eigenvalue weighted by Gasteiger charge is 2.15. The first-order valence-electron chi connectivity index (χ1n) is 12.0. The van der Waals surface area contributed by atoms with Crippen molar-refractivity contribution < 1.29 is 13.9 Å². The summed E-state index contributed by atoms with van der Waals surface area (Å²) < 4.78 is 11.6. The number of carbonyl (C=O) groups is 1. The molecule has 5 nitrogen and oxygen atoms in total. The number of hydrogen-bond acceptors (Lipinski definition) is 4. The summed E-state index contributed by atoms with van der Waals surface area (Å²) in [4.78, 5) is 17.2. The Morgan fingerprint density at radius 2 is 1.76 bits per heavy atom. The standard InChI is InChI=1S/C32H24N2O3/c1-20(14-32(35)34-25-11-12-29-24(16-25)8-5-13-33-29)26-17-27-28(19-37-31(27)18-30(26)36-2)23-10-9-21-6-3-4-7-22(21)15-23/h3-19H,1-2H3,(H,34,35)/b20-14+. The summed E-state index contributed by atoms with van der Waals surface area (Å²) in [6.07, 6.45) is 5.12. The van der Waals surface area contributed by atoms with Gasteiger partial charge in [0, 0.05) is 45.9 Å².